The molecule has 3 heterocycles. The van der Waals surface area contributed by atoms with Crippen molar-refractivity contribution in [2.75, 3.05) is 25.1 Å². The van der Waals surface area contributed by atoms with E-state index in [1.54, 1.807) is 40.9 Å². The second kappa shape index (κ2) is 12.1. The number of thioether (sulfide) groups is 1. The molecule has 2 bridgehead atoms. The van der Waals surface area contributed by atoms with E-state index in [0.717, 1.165) is 18.4 Å². The monoisotopic (exact) mass is 629 g/mol. The second-order valence-electron chi connectivity index (χ2n) is 10.6. The number of benzene rings is 2. The van der Waals surface area contributed by atoms with Crippen molar-refractivity contribution >= 4 is 51.1 Å². The van der Waals surface area contributed by atoms with Crippen molar-refractivity contribution in [2.45, 2.75) is 60.0 Å². The van der Waals surface area contributed by atoms with Gasteiger partial charge in [-0.25, -0.2) is 0 Å². The number of amides is 3. The van der Waals surface area contributed by atoms with Gasteiger partial charge in [0, 0.05) is 22.3 Å². The number of aliphatic hydroxyl groups excluding tert-OH is 1. The van der Waals surface area contributed by atoms with Gasteiger partial charge in [0.15, 0.2) is 0 Å². The third kappa shape index (κ3) is 5.03. The summed E-state index contributed by atoms with van der Waals surface area (Å²) >= 11 is 5.39. The highest BCUT2D eigenvalue weighted by Gasteiger charge is 2.76. The number of carbonyl (C=O) groups is 3. The van der Waals surface area contributed by atoms with Gasteiger partial charge in [0.05, 0.1) is 35.8 Å². The maximum absolute atomic E-state index is 14.4. The Labute approximate surface area is 247 Å². The fourth-order valence-electron chi connectivity index (χ4n) is 6.54. The molecule has 0 radical (unpaired) electrons. The summed E-state index contributed by atoms with van der Waals surface area (Å²) in [5.74, 6) is -1.31. The summed E-state index contributed by atoms with van der Waals surface area (Å²) in [5, 5.41) is 16.5. The van der Waals surface area contributed by atoms with E-state index in [1.807, 2.05) is 37.3 Å². The average Bonchev–Trinajstić information content (AvgIpc) is 3.55. The van der Waals surface area contributed by atoms with Crippen LogP contribution >= 0.6 is 27.7 Å². The van der Waals surface area contributed by atoms with E-state index >= 15 is 0 Å². The van der Waals surface area contributed by atoms with Crippen molar-refractivity contribution < 1.29 is 24.2 Å². The first-order chi connectivity index (χ1) is 19.4. The zero-order valence-electron chi connectivity index (χ0n) is 22.7. The van der Waals surface area contributed by atoms with E-state index in [4.69, 9.17) is 4.74 Å². The van der Waals surface area contributed by atoms with Crippen molar-refractivity contribution in [1.29, 1.82) is 0 Å². The Hall–Kier alpha value is -2.56. The highest BCUT2D eigenvalue weighted by atomic mass is 79.9. The molecule has 3 unspecified atom stereocenters. The van der Waals surface area contributed by atoms with Crippen LogP contribution in [0, 0.1) is 11.8 Å². The van der Waals surface area contributed by atoms with E-state index in [9.17, 15) is 19.5 Å². The zero-order chi connectivity index (χ0) is 28.4. The lowest BCUT2D eigenvalue weighted by atomic mass is 9.70. The molecule has 0 aromatic heterocycles. The minimum atomic E-state index is -0.808. The van der Waals surface area contributed by atoms with Crippen molar-refractivity contribution in [2.24, 2.45) is 11.8 Å². The molecule has 40 heavy (non-hydrogen) atoms. The Morgan fingerprint density at radius 1 is 1.15 bits per heavy atom. The van der Waals surface area contributed by atoms with Crippen LogP contribution < -0.4 is 15.4 Å². The van der Waals surface area contributed by atoms with Crippen LogP contribution in [0.25, 0.3) is 0 Å². The molecule has 3 fully saturated rings. The van der Waals surface area contributed by atoms with Crippen molar-refractivity contribution in [3.8, 4) is 5.75 Å². The molecule has 8 nitrogen and oxygen atoms in total. The summed E-state index contributed by atoms with van der Waals surface area (Å²) in [4.78, 5) is 43.7. The van der Waals surface area contributed by atoms with Gasteiger partial charge in [-0.1, -0.05) is 59.6 Å². The average molecular weight is 631 g/mol. The predicted molar refractivity (Wildman–Crippen MR) is 159 cm³/mol. The Bertz CT molecular complexity index is 1230. The molecule has 3 N–H and O–H groups in total. The van der Waals surface area contributed by atoms with Crippen LogP contribution in [0.15, 0.2) is 54.6 Å². The van der Waals surface area contributed by atoms with Gasteiger partial charge >= 0.3 is 0 Å². The van der Waals surface area contributed by atoms with Crippen LogP contribution in [-0.4, -0.2) is 68.4 Å². The normalized spacial score (nSPS) is 29.2. The first-order valence-electron chi connectivity index (χ1n) is 14.0. The zero-order valence-corrected chi connectivity index (χ0v) is 25.1. The molecule has 1 spiro atoms. The van der Waals surface area contributed by atoms with Crippen LogP contribution in [0.4, 0.5) is 5.69 Å². The standard InChI is InChI=1S/C30H36BrN3O5S/c1-3-5-15-32-28(37)26-30-16-21(31)25(40-30)23(27(36)33-19-11-13-20(14-12-19)39-4-2)24(30)29(38)34(26)22(17-35)18-9-7-6-8-10-18/h6-14,21-26,35H,3-5,15-17H2,1-2H3,(H,32,37)(H,33,36)/t21?,22-,23-,24+,25-,26?,30?/m1/s1. The van der Waals surface area contributed by atoms with E-state index in [-0.39, 0.29) is 34.4 Å². The van der Waals surface area contributed by atoms with Gasteiger partial charge < -0.3 is 25.4 Å². The summed E-state index contributed by atoms with van der Waals surface area (Å²) in [7, 11) is 0. The lowest BCUT2D eigenvalue weighted by molar-refractivity contribution is -0.142. The molecule has 3 amide bonds. The summed E-state index contributed by atoms with van der Waals surface area (Å²) in [6.07, 6.45) is 2.34. The van der Waals surface area contributed by atoms with Crippen molar-refractivity contribution in [3.63, 3.8) is 0 Å². The van der Waals surface area contributed by atoms with E-state index in [1.165, 1.54) is 0 Å². The van der Waals surface area contributed by atoms with Gasteiger partial charge in [-0.15, -0.1) is 11.8 Å². The molecule has 214 valence electrons. The van der Waals surface area contributed by atoms with Gasteiger partial charge in [0.25, 0.3) is 0 Å². The van der Waals surface area contributed by atoms with Crippen LogP contribution in [-0.2, 0) is 14.4 Å². The molecule has 3 aliphatic rings. The van der Waals surface area contributed by atoms with Gasteiger partial charge in [0.2, 0.25) is 17.7 Å². The van der Waals surface area contributed by atoms with Gasteiger partial charge in [-0.3, -0.25) is 14.4 Å². The molecule has 2 aromatic carbocycles. The topological polar surface area (TPSA) is 108 Å². The number of likely N-dealkylation sites (tertiary alicyclic amines) is 1. The van der Waals surface area contributed by atoms with E-state index in [2.05, 4.69) is 33.5 Å². The fourth-order valence-corrected chi connectivity index (χ4v) is 10.1. The number of carbonyl (C=O) groups excluding carboxylic acids is 3. The predicted octanol–water partition coefficient (Wildman–Crippen LogP) is 4.14. The molecule has 10 heteroatoms. The number of hydrogen-bond donors (Lipinski definition) is 3. The number of ether oxygens (including phenoxy) is 1. The number of anilines is 1. The van der Waals surface area contributed by atoms with E-state index < -0.39 is 28.7 Å². The fraction of sp³-hybridized carbons (Fsp3) is 0.500. The molecule has 2 aromatic rings. The van der Waals surface area contributed by atoms with E-state index in [0.29, 0.717) is 31.0 Å². The molecule has 7 atom stereocenters. The third-order valence-corrected chi connectivity index (χ3v) is 11.5. The molecular formula is C30H36BrN3O5S. The van der Waals surface area contributed by atoms with Gasteiger partial charge in [-0.05, 0) is 49.6 Å². The number of unbranched alkanes of at least 4 members (excludes halogenated alkanes) is 1. The van der Waals surface area contributed by atoms with Gasteiger partial charge in [-0.2, -0.15) is 0 Å². The number of fused-ring (bicyclic) bond motifs is 1. The number of hydrogen-bond acceptors (Lipinski definition) is 6. The summed E-state index contributed by atoms with van der Waals surface area (Å²) in [6, 6.07) is 15.0. The van der Waals surface area contributed by atoms with Crippen molar-refractivity contribution in [1.82, 2.24) is 10.2 Å². The smallest absolute Gasteiger partial charge is 0.244 e. The highest BCUT2D eigenvalue weighted by Crippen LogP contribution is 2.68. The summed E-state index contributed by atoms with van der Waals surface area (Å²) < 4.78 is 4.73. The van der Waals surface area contributed by atoms with Gasteiger partial charge in [0.1, 0.15) is 11.8 Å². The lowest BCUT2D eigenvalue weighted by Crippen LogP contribution is -2.55. The van der Waals surface area contributed by atoms with Crippen molar-refractivity contribution in [3.05, 3.63) is 60.2 Å². The van der Waals surface area contributed by atoms with Crippen LogP contribution in [0.3, 0.4) is 0 Å². The number of rotatable bonds is 11. The number of nitrogens with zero attached hydrogens (tertiary/aromatic N) is 1. The quantitative estimate of drug-likeness (QED) is 0.255. The minimum absolute atomic E-state index is 0.0344. The minimum Gasteiger partial charge on any atom is -0.494 e. The first-order valence-corrected chi connectivity index (χ1v) is 15.8. The van der Waals surface area contributed by atoms with Crippen LogP contribution in [0.1, 0.15) is 44.7 Å². The number of aliphatic hydroxyl groups is 1. The highest BCUT2D eigenvalue weighted by molar-refractivity contribution is 9.09. The third-order valence-electron chi connectivity index (χ3n) is 8.23. The molecule has 3 aliphatic heterocycles. The summed E-state index contributed by atoms with van der Waals surface area (Å²) in [5.41, 5.74) is 1.38. The number of halogens is 1. The summed E-state index contributed by atoms with van der Waals surface area (Å²) in [6.45, 7) is 4.70. The SMILES string of the molecule is CCCCNC(=O)C1N([C@H](CO)c2ccccc2)C(=O)[C@@H]2[C@@H](C(=O)Nc3ccc(OCC)cc3)[C@@H]3SC12CC3Br. The Kier molecular flexibility index (Phi) is 8.78. The Balaban J connectivity index is 1.50. The molecule has 5 rings (SSSR count). The lowest BCUT2D eigenvalue weighted by Gasteiger charge is -2.37. The first kappa shape index (κ1) is 29.0. The molecule has 0 aliphatic carbocycles. The maximum atomic E-state index is 14.4. The molecule has 3 saturated heterocycles. The van der Waals surface area contributed by atoms with Crippen LogP contribution in [0.5, 0.6) is 5.75 Å². The maximum Gasteiger partial charge on any atom is 0.244 e. The van der Waals surface area contributed by atoms with Crippen LogP contribution in [0.2, 0.25) is 0 Å². The largest absolute Gasteiger partial charge is 0.494 e. The second-order valence-corrected chi connectivity index (χ2v) is 13.3. The molecule has 0 saturated carbocycles. The number of nitrogens with one attached hydrogen (secondary N) is 2. The Morgan fingerprint density at radius 3 is 2.52 bits per heavy atom. The molecular weight excluding hydrogens is 594 g/mol. The Morgan fingerprint density at radius 2 is 1.88 bits per heavy atom. The number of alkyl halides is 1.